The summed E-state index contributed by atoms with van der Waals surface area (Å²) in [6.45, 7) is 0.302. The summed E-state index contributed by atoms with van der Waals surface area (Å²) in [5, 5.41) is 0. The van der Waals surface area contributed by atoms with Crippen molar-refractivity contribution in [1.82, 2.24) is 3.96 Å². The van der Waals surface area contributed by atoms with Gasteiger partial charge in [0.05, 0.1) is 6.54 Å². The van der Waals surface area contributed by atoms with Gasteiger partial charge in [-0.15, -0.1) is 6.42 Å². The van der Waals surface area contributed by atoms with E-state index in [-0.39, 0.29) is 5.56 Å². The molecule has 1 heterocycles. The highest BCUT2D eigenvalue weighted by molar-refractivity contribution is 7.11. The summed E-state index contributed by atoms with van der Waals surface area (Å²) in [5.41, 5.74) is -0.132. The first-order valence-corrected chi connectivity index (χ1v) is 3.69. The van der Waals surface area contributed by atoms with E-state index in [1.165, 1.54) is 21.6 Å². The van der Waals surface area contributed by atoms with Crippen LogP contribution in [-0.2, 0) is 6.54 Å². The van der Waals surface area contributed by atoms with Crippen molar-refractivity contribution in [1.29, 1.82) is 0 Å². The van der Waals surface area contributed by atoms with Crippen molar-refractivity contribution in [3.8, 4) is 12.3 Å². The lowest BCUT2D eigenvalue weighted by molar-refractivity contribution is 0.899. The van der Waals surface area contributed by atoms with Crippen LogP contribution in [0.15, 0.2) is 10.9 Å². The lowest BCUT2D eigenvalue weighted by atomic mass is 10.6. The maximum atomic E-state index is 10.8. The van der Waals surface area contributed by atoms with Gasteiger partial charge in [0.25, 0.3) is 5.56 Å². The van der Waals surface area contributed by atoms with Gasteiger partial charge in [-0.25, -0.2) is 0 Å². The third-order valence-corrected chi connectivity index (χ3v) is 2.05. The van der Waals surface area contributed by atoms with Gasteiger partial charge in [-0.05, 0) is 11.5 Å². The number of hydrogen-bond donors (Lipinski definition) is 0. The number of terminal acetylenes is 1. The summed E-state index contributed by atoms with van der Waals surface area (Å²) < 4.78 is 1.89. The van der Waals surface area contributed by atoms with Gasteiger partial charge in [0, 0.05) is 6.07 Å². The fraction of sp³-hybridized carbons (Fsp3) is 0.167. The van der Waals surface area contributed by atoms with E-state index in [2.05, 4.69) is 5.92 Å². The molecule has 0 radical (unpaired) electrons. The van der Waals surface area contributed by atoms with Crippen LogP contribution in [0, 0.1) is 12.3 Å². The van der Waals surface area contributed by atoms with Crippen molar-refractivity contribution < 1.29 is 0 Å². The van der Waals surface area contributed by atoms with Gasteiger partial charge in [0.15, 0.2) is 0 Å². The van der Waals surface area contributed by atoms with Crippen molar-refractivity contribution in [3.05, 3.63) is 20.8 Å². The van der Waals surface area contributed by atoms with Gasteiger partial charge in [0.2, 0.25) is 0 Å². The number of hydrogen-bond acceptors (Lipinski definition) is 2. The summed E-state index contributed by atoms with van der Waals surface area (Å²) >= 11 is 6.70. The Morgan fingerprint density at radius 3 is 3.00 bits per heavy atom. The van der Waals surface area contributed by atoms with Gasteiger partial charge in [-0.2, -0.15) is 0 Å². The van der Waals surface area contributed by atoms with E-state index in [9.17, 15) is 4.79 Å². The van der Waals surface area contributed by atoms with E-state index in [0.717, 1.165) is 0 Å². The van der Waals surface area contributed by atoms with Crippen LogP contribution < -0.4 is 5.56 Å². The van der Waals surface area contributed by atoms with E-state index in [0.29, 0.717) is 10.9 Å². The van der Waals surface area contributed by atoms with Crippen molar-refractivity contribution in [2.45, 2.75) is 6.54 Å². The Morgan fingerprint density at radius 2 is 2.60 bits per heavy atom. The molecule has 52 valence electrons. The molecule has 10 heavy (non-hydrogen) atoms. The first kappa shape index (κ1) is 7.39. The van der Waals surface area contributed by atoms with Crippen LogP contribution >= 0.6 is 23.1 Å². The van der Waals surface area contributed by atoms with E-state index < -0.39 is 0 Å². The zero-order valence-electron chi connectivity index (χ0n) is 5.00. The number of halogens is 1. The molecule has 0 N–H and O–H groups in total. The second-order valence-corrected chi connectivity index (χ2v) is 3.31. The second kappa shape index (κ2) is 2.91. The quantitative estimate of drug-likeness (QED) is 0.585. The molecular formula is C6H4ClNOS. The lowest BCUT2D eigenvalue weighted by Crippen LogP contribution is -2.10. The molecule has 0 bridgehead atoms. The normalized spacial score (nSPS) is 9.20. The molecule has 4 heteroatoms. The van der Waals surface area contributed by atoms with Gasteiger partial charge < -0.3 is 0 Å². The zero-order chi connectivity index (χ0) is 7.56. The highest BCUT2D eigenvalue weighted by Crippen LogP contribution is 2.11. The monoisotopic (exact) mass is 173 g/mol. The van der Waals surface area contributed by atoms with Gasteiger partial charge in [0.1, 0.15) is 4.34 Å². The number of aromatic nitrogens is 1. The van der Waals surface area contributed by atoms with Crippen LogP contribution in [0.2, 0.25) is 4.34 Å². The van der Waals surface area contributed by atoms with Crippen molar-refractivity contribution in [3.63, 3.8) is 0 Å². The Kier molecular flexibility index (Phi) is 2.15. The fourth-order valence-electron chi connectivity index (χ4n) is 0.539. The minimum atomic E-state index is -0.132. The molecule has 0 aromatic carbocycles. The first-order chi connectivity index (χ1) is 4.74. The third kappa shape index (κ3) is 1.41. The molecule has 2 nitrogen and oxygen atoms in total. The van der Waals surface area contributed by atoms with Crippen LogP contribution in [0.3, 0.4) is 0 Å². The molecule has 0 aliphatic heterocycles. The van der Waals surface area contributed by atoms with Crippen LogP contribution in [0.4, 0.5) is 0 Å². The summed E-state index contributed by atoms with van der Waals surface area (Å²) in [4.78, 5) is 10.8. The predicted octanol–water partition coefficient (Wildman–Crippen LogP) is 1.20. The topological polar surface area (TPSA) is 22.0 Å². The van der Waals surface area contributed by atoms with Gasteiger partial charge >= 0.3 is 0 Å². The number of rotatable bonds is 1. The average Bonchev–Trinajstić information content (AvgIpc) is 2.13. The molecular weight excluding hydrogens is 170 g/mol. The van der Waals surface area contributed by atoms with Crippen molar-refractivity contribution in [2.75, 3.05) is 0 Å². The molecule has 0 amide bonds. The predicted molar refractivity (Wildman–Crippen MR) is 42.4 cm³/mol. The fourth-order valence-corrected chi connectivity index (χ4v) is 1.53. The summed E-state index contributed by atoms with van der Waals surface area (Å²) in [6, 6.07) is 1.35. The molecule has 1 rings (SSSR count). The SMILES string of the molecule is C#CCn1sc(Cl)cc1=O. The zero-order valence-corrected chi connectivity index (χ0v) is 6.58. The van der Waals surface area contributed by atoms with Crippen LogP contribution in [-0.4, -0.2) is 3.96 Å². The van der Waals surface area contributed by atoms with Gasteiger partial charge in [-0.1, -0.05) is 17.5 Å². The summed E-state index contributed by atoms with van der Waals surface area (Å²) in [5.74, 6) is 2.35. The molecule has 1 aromatic heterocycles. The molecule has 0 spiro atoms. The molecule has 0 atom stereocenters. The highest BCUT2D eigenvalue weighted by Gasteiger charge is 1.98. The third-order valence-electron chi connectivity index (χ3n) is 0.915. The number of nitrogens with zero attached hydrogens (tertiary/aromatic N) is 1. The van der Waals surface area contributed by atoms with Crippen molar-refractivity contribution in [2.24, 2.45) is 0 Å². The first-order valence-electron chi connectivity index (χ1n) is 2.54. The average molecular weight is 174 g/mol. The Bertz CT molecular complexity index is 319. The van der Waals surface area contributed by atoms with Crippen molar-refractivity contribution >= 4 is 23.1 Å². The van der Waals surface area contributed by atoms with E-state index in [1.807, 2.05) is 0 Å². The Morgan fingerprint density at radius 1 is 1.90 bits per heavy atom. The Hall–Kier alpha value is -0.720. The van der Waals surface area contributed by atoms with E-state index in [4.69, 9.17) is 18.0 Å². The largest absolute Gasteiger partial charge is 0.268 e. The molecule has 0 unspecified atom stereocenters. The van der Waals surface area contributed by atoms with E-state index >= 15 is 0 Å². The summed E-state index contributed by atoms with van der Waals surface area (Å²) in [6.07, 6.45) is 4.99. The Labute approximate surface area is 67.2 Å². The molecule has 0 aliphatic carbocycles. The molecule has 0 fully saturated rings. The Balaban J connectivity index is 3.06. The maximum absolute atomic E-state index is 10.8. The molecule has 0 aliphatic rings. The molecule has 1 aromatic rings. The smallest absolute Gasteiger partial charge is 0.263 e. The van der Waals surface area contributed by atoms with E-state index in [1.54, 1.807) is 0 Å². The maximum Gasteiger partial charge on any atom is 0.263 e. The second-order valence-electron chi connectivity index (χ2n) is 1.62. The van der Waals surface area contributed by atoms with Crippen LogP contribution in [0.25, 0.3) is 0 Å². The highest BCUT2D eigenvalue weighted by atomic mass is 35.5. The standard InChI is InChI=1S/C6H4ClNOS/c1-2-3-8-6(9)4-5(7)10-8/h1,4H,3H2. The van der Waals surface area contributed by atoms with Crippen LogP contribution in [0.5, 0.6) is 0 Å². The van der Waals surface area contributed by atoms with Crippen LogP contribution in [0.1, 0.15) is 0 Å². The minimum absolute atomic E-state index is 0.132. The lowest BCUT2D eigenvalue weighted by Gasteiger charge is -1.87. The minimum Gasteiger partial charge on any atom is -0.268 e. The molecule has 0 saturated carbocycles. The summed E-state index contributed by atoms with van der Waals surface area (Å²) in [7, 11) is 0. The molecule has 0 saturated heterocycles. The van der Waals surface area contributed by atoms with Gasteiger partial charge in [-0.3, -0.25) is 8.75 Å².